The van der Waals surface area contributed by atoms with Crippen LogP contribution in [0, 0.1) is 5.82 Å². The number of halogens is 2. The van der Waals surface area contributed by atoms with E-state index in [4.69, 9.17) is 0 Å². The zero-order valence-corrected chi connectivity index (χ0v) is 13.9. The van der Waals surface area contributed by atoms with Crippen molar-refractivity contribution in [1.29, 1.82) is 0 Å². The summed E-state index contributed by atoms with van der Waals surface area (Å²) < 4.78 is 14.3. The Kier molecular flexibility index (Phi) is 5.35. The molecule has 5 nitrogen and oxygen atoms in total. The number of hydrogen-bond acceptors (Lipinski definition) is 4. The van der Waals surface area contributed by atoms with Crippen molar-refractivity contribution in [2.75, 3.05) is 5.32 Å². The Balaban J connectivity index is 1.99. The van der Waals surface area contributed by atoms with E-state index in [1.54, 1.807) is 13.0 Å². The van der Waals surface area contributed by atoms with Gasteiger partial charge in [-0.15, -0.1) is 5.10 Å². The molecule has 0 aliphatic carbocycles. The maximum atomic E-state index is 13.7. The molecule has 0 spiro atoms. The number of rotatable bonds is 5. The number of nitrogens with zero attached hydrogens (tertiary/aromatic N) is 2. The van der Waals surface area contributed by atoms with Crippen LogP contribution in [0.2, 0.25) is 0 Å². The van der Waals surface area contributed by atoms with E-state index in [1.807, 2.05) is 6.92 Å². The van der Waals surface area contributed by atoms with Crippen molar-refractivity contribution < 1.29 is 9.18 Å². The summed E-state index contributed by atoms with van der Waals surface area (Å²) >= 11 is 4.39. The van der Waals surface area contributed by atoms with Gasteiger partial charge in [-0.2, -0.15) is 0 Å². The van der Waals surface area contributed by atoms with Crippen LogP contribution in [0.1, 0.15) is 19.7 Å². The Morgan fingerprint density at radius 2 is 2.33 bits per heavy atom. The Morgan fingerprint density at radius 3 is 2.95 bits per heavy atom. The quantitative estimate of drug-likeness (QED) is 0.789. The van der Waals surface area contributed by atoms with Crippen LogP contribution in [0.4, 0.5) is 10.1 Å². The number of benzene rings is 1. The normalized spacial score (nSPS) is 12.2. The van der Waals surface area contributed by atoms with Crippen molar-refractivity contribution in [3.05, 3.63) is 34.3 Å². The van der Waals surface area contributed by atoms with Crippen molar-refractivity contribution in [2.24, 2.45) is 0 Å². The fourth-order valence-corrected chi connectivity index (χ4v) is 2.60. The summed E-state index contributed by atoms with van der Waals surface area (Å²) in [7, 11) is 0. The summed E-state index contributed by atoms with van der Waals surface area (Å²) in [6.07, 6.45) is 0.748. The zero-order chi connectivity index (χ0) is 15.4. The molecule has 1 heterocycles. The molecule has 8 heteroatoms. The van der Waals surface area contributed by atoms with Crippen LogP contribution in [0.3, 0.4) is 0 Å². The Bertz CT molecular complexity index is 649. The number of aromatic nitrogens is 3. The molecule has 1 aromatic carbocycles. The minimum absolute atomic E-state index is 0.153. The monoisotopic (exact) mass is 372 g/mol. The van der Waals surface area contributed by atoms with E-state index in [9.17, 15) is 9.18 Å². The van der Waals surface area contributed by atoms with Gasteiger partial charge in [-0.1, -0.05) is 34.6 Å². The second-order valence-electron chi connectivity index (χ2n) is 4.29. The van der Waals surface area contributed by atoms with Gasteiger partial charge < -0.3 is 5.32 Å². The molecule has 0 radical (unpaired) electrons. The molecule has 112 valence electrons. The molecule has 0 saturated heterocycles. The highest BCUT2D eigenvalue weighted by Gasteiger charge is 2.18. The first kappa shape index (κ1) is 16.0. The number of carbonyl (C=O) groups excluding carboxylic acids is 1. The van der Waals surface area contributed by atoms with E-state index in [2.05, 4.69) is 36.4 Å². The third-order valence-corrected chi connectivity index (χ3v) is 4.14. The molecule has 2 rings (SSSR count). The summed E-state index contributed by atoms with van der Waals surface area (Å²) in [4.78, 5) is 16.3. The summed E-state index contributed by atoms with van der Waals surface area (Å²) in [6.45, 7) is 3.68. The number of anilines is 1. The van der Waals surface area contributed by atoms with Crippen LogP contribution in [0.15, 0.2) is 27.8 Å². The van der Waals surface area contributed by atoms with Gasteiger partial charge in [-0.3, -0.25) is 9.89 Å². The minimum Gasteiger partial charge on any atom is -0.323 e. The van der Waals surface area contributed by atoms with Crippen molar-refractivity contribution in [1.82, 2.24) is 15.2 Å². The Hall–Kier alpha value is -1.41. The van der Waals surface area contributed by atoms with E-state index < -0.39 is 11.1 Å². The van der Waals surface area contributed by atoms with Gasteiger partial charge in [-0.05, 0) is 25.1 Å². The van der Waals surface area contributed by atoms with Crippen LogP contribution in [0.25, 0.3) is 0 Å². The van der Waals surface area contributed by atoms with E-state index in [-0.39, 0.29) is 11.6 Å². The molecule has 1 aromatic heterocycles. The van der Waals surface area contributed by atoms with E-state index in [0.29, 0.717) is 9.63 Å². The number of aryl methyl sites for hydroxylation is 1. The summed E-state index contributed by atoms with van der Waals surface area (Å²) in [5.74, 6) is -0.0192. The first-order valence-electron chi connectivity index (χ1n) is 6.33. The first-order chi connectivity index (χ1) is 9.99. The topological polar surface area (TPSA) is 70.7 Å². The molecule has 1 amide bonds. The lowest BCUT2D eigenvalue weighted by molar-refractivity contribution is -0.115. The molecule has 0 saturated carbocycles. The van der Waals surface area contributed by atoms with Crippen LogP contribution >= 0.6 is 27.7 Å². The van der Waals surface area contributed by atoms with Crippen molar-refractivity contribution in [3.63, 3.8) is 0 Å². The molecule has 0 bridgehead atoms. The third-order valence-electron chi connectivity index (χ3n) is 2.69. The predicted molar refractivity (Wildman–Crippen MR) is 83.8 cm³/mol. The predicted octanol–water partition coefficient (Wildman–Crippen LogP) is 3.39. The van der Waals surface area contributed by atoms with Gasteiger partial charge in [-0.25, -0.2) is 9.37 Å². The molecule has 2 N–H and O–H groups in total. The van der Waals surface area contributed by atoms with Gasteiger partial charge in [0.2, 0.25) is 11.1 Å². The SMILES string of the molecule is CCc1nc(SC(C)C(=O)Nc2ccc(Br)cc2F)n[nH]1. The smallest absolute Gasteiger partial charge is 0.237 e. The number of amides is 1. The fraction of sp³-hybridized carbons (Fsp3) is 0.308. The van der Waals surface area contributed by atoms with Gasteiger partial charge in [0.25, 0.3) is 0 Å². The maximum absolute atomic E-state index is 13.7. The van der Waals surface area contributed by atoms with Gasteiger partial charge in [0.1, 0.15) is 11.6 Å². The maximum Gasteiger partial charge on any atom is 0.237 e. The van der Waals surface area contributed by atoms with Crippen molar-refractivity contribution >= 4 is 39.3 Å². The highest BCUT2D eigenvalue weighted by Crippen LogP contribution is 2.23. The van der Waals surface area contributed by atoms with Crippen LogP contribution < -0.4 is 5.32 Å². The average molecular weight is 373 g/mol. The molecule has 0 fully saturated rings. The molecular formula is C13H14BrFN4OS. The molecule has 1 atom stereocenters. The standard InChI is InChI=1S/C13H14BrFN4OS/c1-3-11-17-13(19-18-11)21-7(2)12(20)16-10-5-4-8(14)6-9(10)15/h4-7H,3H2,1-2H3,(H,16,20)(H,17,18,19). The van der Waals surface area contributed by atoms with Crippen LogP contribution in [-0.2, 0) is 11.2 Å². The van der Waals surface area contributed by atoms with Gasteiger partial charge in [0, 0.05) is 10.9 Å². The number of H-pyrrole nitrogens is 1. The molecular weight excluding hydrogens is 359 g/mol. The van der Waals surface area contributed by atoms with E-state index >= 15 is 0 Å². The molecule has 2 aromatic rings. The molecule has 1 unspecified atom stereocenters. The molecule has 0 aliphatic rings. The Labute approximate surface area is 134 Å². The number of nitrogens with one attached hydrogen (secondary N) is 2. The summed E-state index contributed by atoms with van der Waals surface area (Å²) in [5, 5.41) is 9.42. The zero-order valence-electron chi connectivity index (χ0n) is 11.5. The second-order valence-corrected chi connectivity index (χ2v) is 6.52. The highest BCUT2D eigenvalue weighted by atomic mass is 79.9. The van der Waals surface area contributed by atoms with Crippen LogP contribution in [-0.4, -0.2) is 26.3 Å². The first-order valence-corrected chi connectivity index (χ1v) is 8.00. The lowest BCUT2D eigenvalue weighted by Gasteiger charge is -2.10. The summed E-state index contributed by atoms with van der Waals surface area (Å²) in [6, 6.07) is 4.48. The van der Waals surface area contributed by atoms with Gasteiger partial charge in [0.05, 0.1) is 10.9 Å². The largest absolute Gasteiger partial charge is 0.323 e. The van der Waals surface area contributed by atoms with Gasteiger partial charge >= 0.3 is 0 Å². The van der Waals surface area contributed by atoms with E-state index in [0.717, 1.165) is 12.2 Å². The lowest BCUT2D eigenvalue weighted by Crippen LogP contribution is -2.23. The fourth-order valence-electron chi connectivity index (χ4n) is 1.53. The highest BCUT2D eigenvalue weighted by molar-refractivity contribution is 9.10. The van der Waals surface area contributed by atoms with E-state index in [1.165, 1.54) is 23.9 Å². The summed E-state index contributed by atoms with van der Waals surface area (Å²) in [5.41, 5.74) is 0.153. The Morgan fingerprint density at radius 1 is 1.57 bits per heavy atom. The van der Waals surface area contributed by atoms with Crippen molar-refractivity contribution in [3.8, 4) is 0 Å². The second kappa shape index (κ2) is 7.04. The molecule has 0 aliphatic heterocycles. The minimum atomic E-state index is -0.485. The third kappa shape index (κ3) is 4.28. The number of hydrogen-bond donors (Lipinski definition) is 2. The number of aromatic amines is 1. The van der Waals surface area contributed by atoms with Gasteiger partial charge in [0.15, 0.2) is 0 Å². The lowest BCUT2D eigenvalue weighted by atomic mass is 10.3. The van der Waals surface area contributed by atoms with Crippen molar-refractivity contribution in [2.45, 2.75) is 30.7 Å². The molecule has 21 heavy (non-hydrogen) atoms. The number of carbonyl (C=O) groups is 1. The average Bonchev–Trinajstić information content (AvgIpc) is 2.89. The number of thioether (sulfide) groups is 1. The van der Waals surface area contributed by atoms with Crippen LogP contribution in [0.5, 0.6) is 0 Å².